The Balaban J connectivity index is 3.29. The molecule has 2 nitrogen and oxygen atoms in total. The predicted molar refractivity (Wildman–Crippen MR) is 50.8 cm³/mol. The zero-order valence-corrected chi connectivity index (χ0v) is 7.70. The first kappa shape index (κ1) is 11.2. The first-order valence-electron chi connectivity index (χ1n) is 4.27. The molecule has 0 saturated heterocycles. The third kappa shape index (κ3) is 5.98. The highest BCUT2D eigenvalue weighted by Crippen LogP contribution is 2.07. The number of aliphatic hydroxyl groups is 1. The van der Waals surface area contributed by atoms with E-state index < -0.39 is 0 Å². The van der Waals surface area contributed by atoms with E-state index in [0.29, 0.717) is 0 Å². The maximum atomic E-state index is 9.12. The van der Waals surface area contributed by atoms with Crippen molar-refractivity contribution in [3.8, 4) is 0 Å². The summed E-state index contributed by atoms with van der Waals surface area (Å²) < 4.78 is 5.11. The van der Waals surface area contributed by atoms with Gasteiger partial charge < -0.3 is 9.84 Å². The van der Waals surface area contributed by atoms with Crippen molar-refractivity contribution in [3.63, 3.8) is 0 Å². The monoisotopic (exact) mass is 170 g/mol. The molecule has 0 aliphatic carbocycles. The van der Waals surface area contributed by atoms with Gasteiger partial charge in [-0.15, -0.1) is 6.58 Å². The highest BCUT2D eigenvalue weighted by molar-refractivity contribution is 4.77. The van der Waals surface area contributed by atoms with Crippen LogP contribution < -0.4 is 0 Å². The molecule has 0 aliphatic heterocycles. The SMILES string of the molecule is C=COC(C)CCCC(O)C=C. The highest BCUT2D eigenvalue weighted by Gasteiger charge is 2.02. The first-order valence-corrected chi connectivity index (χ1v) is 4.27. The van der Waals surface area contributed by atoms with Crippen LogP contribution in [-0.2, 0) is 4.74 Å². The zero-order valence-electron chi connectivity index (χ0n) is 7.70. The lowest BCUT2D eigenvalue weighted by Gasteiger charge is -2.11. The van der Waals surface area contributed by atoms with E-state index in [9.17, 15) is 0 Å². The number of aliphatic hydroxyl groups excluding tert-OH is 1. The van der Waals surface area contributed by atoms with Crippen LogP contribution in [0.4, 0.5) is 0 Å². The minimum Gasteiger partial charge on any atom is -0.499 e. The Morgan fingerprint density at radius 2 is 2.08 bits per heavy atom. The number of rotatable bonds is 7. The number of ether oxygens (including phenoxy) is 1. The summed E-state index contributed by atoms with van der Waals surface area (Å²) in [5.41, 5.74) is 0. The second kappa shape index (κ2) is 6.92. The van der Waals surface area contributed by atoms with Crippen LogP contribution in [0.15, 0.2) is 25.5 Å². The molecule has 0 aromatic rings. The summed E-state index contributed by atoms with van der Waals surface area (Å²) in [7, 11) is 0. The van der Waals surface area contributed by atoms with E-state index >= 15 is 0 Å². The van der Waals surface area contributed by atoms with Gasteiger partial charge in [-0.2, -0.15) is 0 Å². The molecular formula is C10H18O2. The Hall–Kier alpha value is -0.760. The summed E-state index contributed by atoms with van der Waals surface area (Å²) in [6.45, 7) is 8.96. The molecule has 2 heteroatoms. The van der Waals surface area contributed by atoms with Gasteiger partial charge in [0.1, 0.15) is 0 Å². The van der Waals surface area contributed by atoms with Gasteiger partial charge in [0.05, 0.1) is 18.5 Å². The van der Waals surface area contributed by atoms with E-state index in [1.807, 2.05) is 6.92 Å². The predicted octanol–water partition coefficient (Wildman–Crippen LogP) is 2.25. The van der Waals surface area contributed by atoms with Crippen LogP contribution in [0.2, 0.25) is 0 Å². The summed E-state index contributed by atoms with van der Waals surface area (Å²) in [6, 6.07) is 0. The maximum Gasteiger partial charge on any atom is 0.0950 e. The summed E-state index contributed by atoms with van der Waals surface area (Å²) >= 11 is 0. The van der Waals surface area contributed by atoms with Gasteiger partial charge >= 0.3 is 0 Å². The number of hydrogen-bond donors (Lipinski definition) is 1. The van der Waals surface area contributed by atoms with Crippen molar-refractivity contribution in [1.29, 1.82) is 0 Å². The van der Waals surface area contributed by atoms with E-state index in [-0.39, 0.29) is 12.2 Å². The fourth-order valence-electron chi connectivity index (χ4n) is 0.965. The lowest BCUT2D eigenvalue weighted by Crippen LogP contribution is -2.06. The lowest BCUT2D eigenvalue weighted by atomic mass is 10.1. The fraction of sp³-hybridized carbons (Fsp3) is 0.600. The molecule has 2 unspecified atom stereocenters. The molecule has 0 bridgehead atoms. The third-order valence-electron chi connectivity index (χ3n) is 1.71. The molecule has 0 saturated carbocycles. The fourth-order valence-corrected chi connectivity index (χ4v) is 0.965. The van der Waals surface area contributed by atoms with Gasteiger partial charge in [0.25, 0.3) is 0 Å². The molecule has 0 spiro atoms. The van der Waals surface area contributed by atoms with Gasteiger partial charge in [-0.05, 0) is 26.2 Å². The van der Waals surface area contributed by atoms with Crippen LogP contribution in [-0.4, -0.2) is 17.3 Å². The van der Waals surface area contributed by atoms with Crippen molar-refractivity contribution in [2.45, 2.75) is 38.4 Å². The second-order valence-electron chi connectivity index (χ2n) is 2.85. The zero-order chi connectivity index (χ0) is 9.40. The molecule has 12 heavy (non-hydrogen) atoms. The van der Waals surface area contributed by atoms with Crippen LogP contribution >= 0.6 is 0 Å². The van der Waals surface area contributed by atoms with Crippen LogP contribution in [0.5, 0.6) is 0 Å². The summed E-state index contributed by atoms with van der Waals surface area (Å²) in [5, 5.41) is 9.12. The standard InChI is InChI=1S/C10H18O2/c1-4-10(11)8-6-7-9(3)12-5-2/h4-5,9-11H,1-2,6-8H2,3H3. The normalized spacial score (nSPS) is 14.8. The molecule has 70 valence electrons. The van der Waals surface area contributed by atoms with Crippen molar-refractivity contribution in [2.75, 3.05) is 0 Å². The van der Waals surface area contributed by atoms with Gasteiger partial charge in [-0.25, -0.2) is 0 Å². The molecule has 2 atom stereocenters. The summed E-state index contributed by atoms with van der Waals surface area (Å²) in [4.78, 5) is 0. The molecule has 1 N–H and O–H groups in total. The molecule has 0 aromatic heterocycles. The van der Waals surface area contributed by atoms with E-state index in [1.54, 1.807) is 6.08 Å². The number of hydrogen-bond acceptors (Lipinski definition) is 2. The van der Waals surface area contributed by atoms with Crippen molar-refractivity contribution in [2.24, 2.45) is 0 Å². The van der Waals surface area contributed by atoms with Crippen molar-refractivity contribution >= 4 is 0 Å². The lowest BCUT2D eigenvalue weighted by molar-refractivity contribution is 0.141. The average molecular weight is 170 g/mol. The second-order valence-corrected chi connectivity index (χ2v) is 2.85. The quantitative estimate of drug-likeness (QED) is 0.469. The maximum absolute atomic E-state index is 9.12. The highest BCUT2D eigenvalue weighted by atomic mass is 16.5. The van der Waals surface area contributed by atoms with E-state index in [4.69, 9.17) is 9.84 Å². The van der Waals surface area contributed by atoms with Crippen LogP contribution in [0, 0.1) is 0 Å². The Morgan fingerprint density at radius 3 is 2.58 bits per heavy atom. The minimum atomic E-state index is -0.374. The molecule has 0 amide bonds. The molecule has 0 aliphatic rings. The van der Waals surface area contributed by atoms with E-state index in [1.165, 1.54) is 6.26 Å². The van der Waals surface area contributed by atoms with Gasteiger partial charge in [-0.3, -0.25) is 0 Å². The smallest absolute Gasteiger partial charge is 0.0950 e. The van der Waals surface area contributed by atoms with Crippen LogP contribution in [0.3, 0.4) is 0 Å². The Kier molecular flexibility index (Phi) is 6.48. The van der Waals surface area contributed by atoms with Gasteiger partial charge in [0.15, 0.2) is 0 Å². The molecule has 0 heterocycles. The Labute approximate surface area is 74.6 Å². The van der Waals surface area contributed by atoms with Crippen molar-refractivity contribution in [3.05, 3.63) is 25.5 Å². The van der Waals surface area contributed by atoms with Gasteiger partial charge in [-0.1, -0.05) is 12.7 Å². The molecule has 0 rings (SSSR count). The summed E-state index contributed by atoms with van der Waals surface area (Å²) in [5.74, 6) is 0. The Morgan fingerprint density at radius 1 is 1.42 bits per heavy atom. The topological polar surface area (TPSA) is 29.5 Å². The molecular weight excluding hydrogens is 152 g/mol. The van der Waals surface area contributed by atoms with Gasteiger partial charge in [0.2, 0.25) is 0 Å². The average Bonchev–Trinajstić information content (AvgIpc) is 2.04. The van der Waals surface area contributed by atoms with Crippen LogP contribution in [0.1, 0.15) is 26.2 Å². The van der Waals surface area contributed by atoms with Gasteiger partial charge in [0, 0.05) is 0 Å². The van der Waals surface area contributed by atoms with Crippen LogP contribution in [0.25, 0.3) is 0 Å². The third-order valence-corrected chi connectivity index (χ3v) is 1.71. The van der Waals surface area contributed by atoms with Crippen molar-refractivity contribution in [1.82, 2.24) is 0 Å². The molecule has 0 fully saturated rings. The summed E-state index contributed by atoms with van der Waals surface area (Å²) in [6.07, 6.45) is 5.47. The Bertz CT molecular complexity index is 132. The minimum absolute atomic E-state index is 0.194. The molecule has 0 aromatic carbocycles. The van der Waals surface area contributed by atoms with E-state index in [2.05, 4.69) is 13.2 Å². The largest absolute Gasteiger partial charge is 0.499 e. The first-order chi connectivity index (χ1) is 5.70. The molecule has 0 radical (unpaired) electrons. The van der Waals surface area contributed by atoms with Crippen molar-refractivity contribution < 1.29 is 9.84 Å². The van der Waals surface area contributed by atoms with E-state index in [0.717, 1.165) is 19.3 Å².